The van der Waals surface area contributed by atoms with Crippen LogP contribution in [0, 0.1) is 0 Å². The lowest BCUT2D eigenvalue weighted by atomic mass is 10.2. The number of hydrogen-bond donors (Lipinski definition) is 1. The highest BCUT2D eigenvalue weighted by atomic mass is 16.2. The van der Waals surface area contributed by atoms with Gasteiger partial charge >= 0.3 is 5.69 Å². The summed E-state index contributed by atoms with van der Waals surface area (Å²) in [6, 6.07) is 13.0. The summed E-state index contributed by atoms with van der Waals surface area (Å²) in [4.78, 5) is 29.6. The first-order valence-electron chi connectivity index (χ1n) is 9.07. The summed E-state index contributed by atoms with van der Waals surface area (Å²) in [6.45, 7) is 2.72. The predicted octanol–water partition coefficient (Wildman–Crippen LogP) is 1.72. The Bertz CT molecular complexity index is 1170. The molecule has 0 aliphatic carbocycles. The zero-order valence-electron chi connectivity index (χ0n) is 15.4. The Morgan fingerprint density at radius 2 is 1.82 bits per heavy atom. The van der Waals surface area contributed by atoms with Gasteiger partial charge in [0.2, 0.25) is 5.91 Å². The lowest BCUT2D eigenvalue weighted by Crippen LogP contribution is -2.33. The number of rotatable bonds is 6. The van der Waals surface area contributed by atoms with Crippen LogP contribution < -0.4 is 11.0 Å². The van der Waals surface area contributed by atoms with Gasteiger partial charge in [-0.25, -0.2) is 14.5 Å². The molecule has 0 fully saturated rings. The average molecular weight is 376 g/mol. The number of hydrogen-bond acceptors (Lipinski definition) is 4. The first-order chi connectivity index (χ1) is 13.7. The van der Waals surface area contributed by atoms with Gasteiger partial charge in [-0.2, -0.15) is 5.10 Å². The van der Waals surface area contributed by atoms with Gasteiger partial charge < -0.3 is 5.32 Å². The molecule has 0 spiro atoms. The maximum atomic E-state index is 12.7. The summed E-state index contributed by atoms with van der Waals surface area (Å²) in [5, 5.41) is 7.07. The molecule has 1 aromatic carbocycles. The van der Waals surface area contributed by atoms with Crippen LogP contribution in [0.2, 0.25) is 0 Å². The average Bonchev–Trinajstić information content (AvgIpc) is 3.34. The van der Waals surface area contributed by atoms with Gasteiger partial charge in [0.1, 0.15) is 6.54 Å². The molecule has 0 aliphatic rings. The molecule has 0 saturated heterocycles. The molecule has 0 atom stereocenters. The summed E-state index contributed by atoms with van der Waals surface area (Å²) in [5.74, 6) is 0.420. The van der Waals surface area contributed by atoms with Crippen molar-refractivity contribution in [2.75, 3.05) is 0 Å². The number of aromatic nitrogens is 5. The Hall–Kier alpha value is -3.68. The standard InChI is InChI=1S/C20H20N6O2/c1-2-24-16-8-3-4-9-17(16)25(20(24)28)14-18(27)22-13-15-7-5-10-21-19(15)26-12-6-11-23-26/h3-12H,2,13-14H2,1H3,(H,22,27). The van der Waals surface area contributed by atoms with E-state index in [1.807, 2.05) is 49.4 Å². The maximum absolute atomic E-state index is 12.7. The van der Waals surface area contributed by atoms with Crippen molar-refractivity contribution in [1.29, 1.82) is 0 Å². The van der Waals surface area contributed by atoms with Crippen LogP contribution in [-0.2, 0) is 24.4 Å². The predicted molar refractivity (Wildman–Crippen MR) is 105 cm³/mol. The molecule has 4 rings (SSSR count). The van der Waals surface area contributed by atoms with Gasteiger partial charge in [-0.05, 0) is 31.2 Å². The van der Waals surface area contributed by atoms with Crippen LogP contribution in [-0.4, -0.2) is 29.8 Å². The Morgan fingerprint density at radius 1 is 1.04 bits per heavy atom. The van der Waals surface area contributed by atoms with Crippen molar-refractivity contribution >= 4 is 16.9 Å². The zero-order valence-corrected chi connectivity index (χ0v) is 15.4. The smallest absolute Gasteiger partial charge is 0.329 e. The number of carbonyl (C=O) groups is 1. The van der Waals surface area contributed by atoms with Crippen molar-refractivity contribution in [3.05, 3.63) is 77.1 Å². The van der Waals surface area contributed by atoms with E-state index in [1.54, 1.807) is 27.8 Å². The van der Waals surface area contributed by atoms with Crippen LogP contribution in [0.25, 0.3) is 16.9 Å². The van der Waals surface area contributed by atoms with E-state index in [1.165, 1.54) is 4.57 Å². The third-order valence-electron chi connectivity index (χ3n) is 4.61. The second kappa shape index (κ2) is 7.51. The maximum Gasteiger partial charge on any atom is 0.329 e. The van der Waals surface area contributed by atoms with Crippen LogP contribution in [0.3, 0.4) is 0 Å². The number of para-hydroxylation sites is 2. The fourth-order valence-corrected chi connectivity index (χ4v) is 3.29. The lowest BCUT2D eigenvalue weighted by Gasteiger charge is -2.10. The number of nitrogens with one attached hydrogen (secondary N) is 1. The Morgan fingerprint density at radius 3 is 2.54 bits per heavy atom. The topological polar surface area (TPSA) is 86.7 Å². The first kappa shape index (κ1) is 17.7. The molecule has 3 aromatic heterocycles. The van der Waals surface area contributed by atoms with Gasteiger partial charge in [-0.15, -0.1) is 0 Å². The monoisotopic (exact) mass is 376 g/mol. The van der Waals surface area contributed by atoms with E-state index in [0.29, 0.717) is 18.9 Å². The number of nitrogens with zero attached hydrogens (tertiary/aromatic N) is 5. The van der Waals surface area contributed by atoms with Gasteiger partial charge in [0.05, 0.1) is 11.0 Å². The summed E-state index contributed by atoms with van der Waals surface area (Å²) >= 11 is 0. The van der Waals surface area contributed by atoms with Crippen LogP contribution in [0.4, 0.5) is 0 Å². The van der Waals surface area contributed by atoms with Crippen LogP contribution >= 0.6 is 0 Å². The van der Waals surface area contributed by atoms with Crippen LogP contribution in [0.5, 0.6) is 0 Å². The van der Waals surface area contributed by atoms with Crippen molar-refractivity contribution in [1.82, 2.24) is 29.2 Å². The van der Waals surface area contributed by atoms with E-state index in [2.05, 4.69) is 15.4 Å². The highest BCUT2D eigenvalue weighted by molar-refractivity contribution is 5.81. The van der Waals surface area contributed by atoms with Crippen LogP contribution in [0.15, 0.2) is 65.8 Å². The van der Waals surface area contributed by atoms with Crippen molar-refractivity contribution in [3.8, 4) is 5.82 Å². The molecule has 1 N–H and O–H groups in total. The van der Waals surface area contributed by atoms with E-state index in [9.17, 15) is 9.59 Å². The summed E-state index contributed by atoms with van der Waals surface area (Å²) < 4.78 is 4.83. The van der Waals surface area contributed by atoms with Gasteiger partial charge in [-0.3, -0.25) is 13.9 Å². The Labute approximate surface area is 161 Å². The highest BCUT2D eigenvalue weighted by Crippen LogP contribution is 2.13. The minimum atomic E-state index is -0.239. The minimum Gasteiger partial charge on any atom is -0.350 e. The number of aryl methyl sites for hydroxylation is 1. The van der Waals surface area contributed by atoms with E-state index < -0.39 is 0 Å². The molecule has 8 nitrogen and oxygen atoms in total. The van der Waals surface area contributed by atoms with Gasteiger partial charge in [-0.1, -0.05) is 18.2 Å². The number of amides is 1. The quantitative estimate of drug-likeness (QED) is 0.555. The molecular formula is C20H20N6O2. The summed E-state index contributed by atoms with van der Waals surface area (Å²) in [7, 11) is 0. The third kappa shape index (κ3) is 3.20. The second-order valence-corrected chi connectivity index (χ2v) is 6.32. The number of benzene rings is 1. The minimum absolute atomic E-state index is 0.0380. The molecule has 142 valence electrons. The molecule has 28 heavy (non-hydrogen) atoms. The van der Waals surface area contributed by atoms with Crippen molar-refractivity contribution < 1.29 is 4.79 Å². The van der Waals surface area contributed by atoms with E-state index in [4.69, 9.17) is 0 Å². The fourth-order valence-electron chi connectivity index (χ4n) is 3.29. The molecule has 0 radical (unpaired) electrons. The molecule has 0 saturated carbocycles. The number of carbonyl (C=O) groups excluding carboxylic acids is 1. The van der Waals surface area contributed by atoms with Crippen molar-refractivity contribution in [3.63, 3.8) is 0 Å². The third-order valence-corrected chi connectivity index (χ3v) is 4.61. The van der Waals surface area contributed by atoms with Crippen LogP contribution in [0.1, 0.15) is 12.5 Å². The van der Waals surface area contributed by atoms with Gasteiger partial charge in [0, 0.05) is 37.2 Å². The largest absolute Gasteiger partial charge is 0.350 e. The number of fused-ring (bicyclic) bond motifs is 1. The van der Waals surface area contributed by atoms with Gasteiger partial charge in [0.25, 0.3) is 0 Å². The van der Waals surface area contributed by atoms with Gasteiger partial charge in [0.15, 0.2) is 5.82 Å². The Kier molecular flexibility index (Phi) is 4.76. The summed E-state index contributed by atoms with van der Waals surface area (Å²) in [5.41, 5.74) is 2.24. The molecule has 1 amide bonds. The molecule has 0 aliphatic heterocycles. The van der Waals surface area contributed by atoms with E-state index >= 15 is 0 Å². The number of pyridine rings is 1. The first-order valence-corrected chi connectivity index (χ1v) is 9.07. The molecule has 4 aromatic rings. The Balaban J connectivity index is 1.54. The molecule has 0 unspecified atom stereocenters. The molecule has 8 heteroatoms. The molecule has 0 bridgehead atoms. The van der Waals surface area contributed by atoms with E-state index in [-0.39, 0.29) is 18.1 Å². The summed E-state index contributed by atoms with van der Waals surface area (Å²) in [6.07, 6.45) is 5.15. The normalized spacial score (nSPS) is 11.0. The highest BCUT2D eigenvalue weighted by Gasteiger charge is 2.15. The number of imidazole rings is 1. The zero-order chi connectivity index (χ0) is 19.5. The molecular weight excluding hydrogens is 356 g/mol. The lowest BCUT2D eigenvalue weighted by molar-refractivity contribution is -0.121. The van der Waals surface area contributed by atoms with E-state index in [0.717, 1.165) is 16.6 Å². The fraction of sp³-hybridized carbons (Fsp3) is 0.200. The molecule has 3 heterocycles. The second-order valence-electron chi connectivity index (χ2n) is 6.32. The van der Waals surface area contributed by atoms with Crippen molar-refractivity contribution in [2.45, 2.75) is 26.6 Å². The van der Waals surface area contributed by atoms with Crippen molar-refractivity contribution in [2.24, 2.45) is 0 Å². The SMILES string of the molecule is CCn1c(=O)n(CC(=O)NCc2cccnc2-n2cccn2)c2ccccc21.